The maximum Gasteiger partial charge on any atom is 0.248 e. The standard InChI is InChI=1S/C20H14ClNO3/c21-15-8-10-18(22-19(23)11-9-16-7-4-12-25-16)17(13-15)20(24)14-5-2-1-3-6-14/h1-13H,(H,22,23)/b11-9+. The first-order chi connectivity index (χ1) is 12.1. The van der Waals surface area contributed by atoms with Crippen LogP contribution < -0.4 is 5.32 Å². The Balaban J connectivity index is 1.84. The van der Waals surface area contributed by atoms with Gasteiger partial charge in [0.05, 0.1) is 12.0 Å². The van der Waals surface area contributed by atoms with Crippen molar-refractivity contribution in [2.45, 2.75) is 0 Å². The minimum Gasteiger partial charge on any atom is -0.465 e. The molecule has 0 spiro atoms. The monoisotopic (exact) mass is 351 g/mol. The number of amides is 1. The van der Waals surface area contributed by atoms with Crippen molar-refractivity contribution in [3.05, 3.63) is 94.9 Å². The minimum absolute atomic E-state index is 0.214. The summed E-state index contributed by atoms with van der Waals surface area (Å²) in [5, 5.41) is 3.12. The molecule has 0 unspecified atom stereocenters. The number of anilines is 1. The second kappa shape index (κ2) is 7.64. The molecule has 0 aliphatic carbocycles. The molecule has 4 nitrogen and oxygen atoms in total. The summed E-state index contributed by atoms with van der Waals surface area (Å²) >= 11 is 6.02. The topological polar surface area (TPSA) is 59.3 Å². The Morgan fingerprint density at radius 3 is 2.52 bits per heavy atom. The Hall–Kier alpha value is -3.11. The number of carbonyl (C=O) groups is 2. The number of rotatable bonds is 5. The number of carbonyl (C=O) groups excluding carboxylic acids is 2. The number of ketones is 1. The van der Waals surface area contributed by atoms with Crippen molar-refractivity contribution in [1.82, 2.24) is 0 Å². The average Bonchev–Trinajstić information content (AvgIpc) is 3.15. The zero-order chi connectivity index (χ0) is 17.6. The molecule has 1 amide bonds. The fourth-order valence-corrected chi connectivity index (χ4v) is 2.45. The Kier molecular flexibility index (Phi) is 5.11. The van der Waals surface area contributed by atoms with Crippen LogP contribution in [0, 0.1) is 0 Å². The highest BCUT2D eigenvalue weighted by molar-refractivity contribution is 6.31. The molecule has 1 heterocycles. The van der Waals surface area contributed by atoms with E-state index in [9.17, 15) is 9.59 Å². The van der Waals surface area contributed by atoms with E-state index in [-0.39, 0.29) is 11.7 Å². The van der Waals surface area contributed by atoms with E-state index in [2.05, 4.69) is 5.32 Å². The fraction of sp³-hybridized carbons (Fsp3) is 0. The van der Waals surface area contributed by atoms with Crippen LogP contribution in [0.2, 0.25) is 5.02 Å². The molecule has 1 aromatic heterocycles. The third-order valence-corrected chi connectivity index (χ3v) is 3.70. The van der Waals surface area contributed by atoms with E-state index in [1.165, 1.54) is 12.3 Å². The highest BCUT2D eigenvalue weighted by Gasteiger charge is 2.15. The molecule has 124 valence electrons. The van der Waals surface area contributed by atoms with Gasteiger partial charge in [-0.25, -0.2) is 0 Å². The van der Waals surface area contributed by atoms with Gasteiger partial charge in [-0.2, -0.15) is 0 Å². The summed E-state index contributed by atoms with van der Waals surface area (Å²) in [5.74, 6) is -0.0268. The first kappa shape index (κ1) is 16.7. The second-order valence-corrected chi connectivity index (χ2v) is 5.66. The van der Waals surface area contributed by atoms with Crippen molar-refractivity contribution in [1.29, 1.82) is 0 Å². The Morgan fingerprint density at radius 2 is 1.80 bits per heavy atom. The third-order valence-electron chi connectivity index (χ3n) is 3.46. The molecule has 0 atom stereocenters. The Bertz CT molecular complexity index is 915. The number of halogens is 1. The van der Waals surface area contributed by atoms with Gasteiger partial charge in [-0.05, 0) is 36.4 Å². The molecule has 0 bridgehead atoms. The molecular weight excluding hydrogens is 338 g/mol. The van der Waals surface area contributed by atoms with Gasteiger partial charge in [-0.1, -0.05) is 41.9 Å². The number of hydrogen-bond acceptors (Lipinski definition) is 3. The zero-order valence-corrected chi connectivity index (χ0v) is 13.9. The first-order valence-corrected chi connectivity index (χ1v) is 7.93. The minimum atomic E-state index is -0.374. The van der Waals surface area contributed by atoms with Gasteiger partial charge in [0.15, 0.2) is 5.78 Å². The van der Waals surface area contributed by atoms with Crippen molar-refractivity contribution in [2.24, 2.45) is 0 Å². The predicted molar refractivity (Wildman–Crippen MR) is 97.7 cm³/mol. The summed E-state index contributed by atoms with van der Waals surface area (Å²) in [5.41, 5.74) is 1.25. The van der Waals surface area contributed by atoms with Gasteiger partial charge in [-0.3, -0.25) is 9.59 Å². The van der Waals surface area contributed by atoms with Gasteiger partial charge in [0, 0.05) is 22.2 Å². The summed E-state index contributed by atoms with van der Waals surface area (Å²) < 4.78 is 5.13. The third kappa shape index (κ3) is 4.25. The van der Waals surface area contributed by atoms with E-state index in [1.807, 2.05) is 6.07 Å². The van der Waals surface area contributed by atoms with Crippen LogP contribution in [-0.2, 0) is 4.79 Å². The lowest BCUT2D eigenvalue weighted by Crippen LogP contribution is -2.12. The van der Waals surface area contributed by atoms with Crippen LogP contribution in [0.15, 0.2) is 77.4 Å². The summed E-state index contributed by atoms with van der Waals surface area (Å²) in [7, 11) is 0. The van der Waals surface area contributed by atoms with E-state index in [1.54, 1.807) is 60.7 Å². The van der Waals surface area contributed by atoms with Gasteiger partial charge in [0.1, 0.15) is 5.76 Å². The van der Waals surface area contributed by atoms with Crippen molar-refractivity contribution in [3.63, 3.8) is 0 Å². The van der Waals surface area contributed by atoms with Crippen molar-refractivity contribution in [2.75, 3.05) is 5.32 Å². The van der Waals surface area contributed by atoms with Gasteiger partial charge in [-0.15, -0.1) is 0 Å². The molecule has 2 aromatic carbocycles. The van der Waals surface area contributed by atoms with Gasteiger partial charge < -0.3 is 9.73 Å². The molecule has 3 rings (SSSR count). The summed E-state index contributed by atoms with van der Waals surface area (Å²) in [6, 6.07) is 17.1. The highest BCUT2D eigenvalue weighted by Crippen LogP contribution is 2.24. The van der Waals surface area contributed by atoms with Gasteiger partial charge in [0.25, 0.3) is 0 Å². The fourth-order valence-electron chi connectivity index (χ4n) is 2.28. The Labute approximate surface area is 149 Å². The van der Waals surface area contributed by atoms with Crippen LogP contribution in [-0.4, -0.2) is 11.7 Å². The molecule has 5 heteroatoms. The quantitative estimate of drug-likeness (QED) is 0.529. The van der Waals surface area contributed by atoms with Crippen molar-refractivity contribution in [3.8, 4) is 0 Å². The molecule has 0 fully saturated rings. The molecule has 0 radical (unpaired) electrons. The Morgan fingerprint density at radius 1 is 1.00 bits per heavy atom. The number of benzene rings is 2. The van der Waals surface area contributed by atoms with Crippen LogP contribution in [0.3, 0.4) is 0 Å². The summed E-state index contributed by atoms with van der Waals surface area (Å²) in [6.07, 6.45) is 4.40. The normalized spacial score (nSPS) is 10.8. The molecule has 0 saturated carbocycles. The SMILES string of the molecule is O=C(/C=C/c1ccco1)Nc1ccc(Cl)cc1C(=O)c1ccccc1. The van der Waals surface area contributed by atoms with Crippen molar-refractivity contribution < 1.29 is 14.0 Å². The number of hydrogen-bond donors (Lipinski definition) is 1. The molecule has 25 heavy (non-hydrogen) atoms. The van der Waals surface area contributed by atoms with Crippen LogP contribution in [0.4, 0.5) is 5.69 Å². The largest absolute Gasteiger partial charge is 0.465 e. The number of nitrogens with one attached hydrogen (secondary N) is 1. The van der Waals surface area contributed by atoms with Crippen LogP contribution in [0.25, 0.3) is 6.08 Å². The molecule has 0 saturated heterocycles. The molecule has 3 aromatic rings. The molecule has 0 aliphatic rings. The predicted octanol–water partition coefficient (Wildman–Crippen LogP) is 4.82. The summed E-state index contributed by atoms with van der Waals surface area (Å²) in [4.78, 5) is 24.8. The van der Waals surface area contributed by atoms with Crippen molar-refractivity contribution >= 4 is 35.1 Å². The maximum absolute atomic E-state index is 12.7. The van der Waals surface area contributed by atoms with E-state index in [0.29, 0.717) is 27.6 Å². The zero-order valence-electron chi connectivity index (χ0n) is 13.1. The highest BCUT2D eigenvalue weighted by atomic mass is 35.5. The molecule has 1 N–H and O–H groups in total. The average molecular weight is 352 g/mol. The first-order valence-electron chi connectivity index (χ1n) is 7.55. The van der Waals surface area contributed by atoms with Gasteiger partial charge in [0.2, 0.25) is 5.91 Å². The second-order valence-electron chi connectivity index (χ2n) is 5.22. The maximum atomic E-state index is 12.7. The lowest BCUT2D eigenvalue weighted by atomic mass is 10.0. The van der Waals surface area contributed by atoms with E-state index in [0.717, 1.165) is 0 Å². The van der Waals surface area contributed by atoms with E-state index in [4.69, 9.17) is 16.0 Å². The van der Waals surface area contributed by atoms with Crippen LogP contribution >= 0.6 is 11.6 Å². The van der Waals surface area contributed by atoms with Crippen LogP contribution in [0.1, 0.15) is 21.7 Å². The van der Waals surface area contributed by atoms with E-state index >= 15 is 0 Å². The van der Waals surface area contributed by atoms with E-state index < -0.39 is 0 Å². The molecule has 0 aliphatic heterocycles. The lowest BCUT2D eigenvalue weighted by molar-refractivity contribution is -0.111. The number of furan rings is 1. The van der Waals surface area contributed by atoms with Crippen LogP contribution in [0.5, 0.6) is 0 Å². The van der Waals surface area contributed by atoms with Gasteiger partial charge >= 0.3 is 0 Å². The lowest BCUT2D eigenvalue weighted by Gasteiger charge is -2.10. The summed E-state index contributed by atoms with van der Waals surface area (Å²) in [6.45, 7) is 0. The molecular formula is C20H14ClNO3. The smallest absolute Gasteiger partial charge is 0.248 e.